The highest BCUT2D eigenvalue weighted by molar-refractivity contribution is 5.74. The van der Waals surface area contributed by atoms with Crippen LogP contribution in [0.3, 0.4) is 0 Å². The van der Waals surface area contributed by atoms with Crippen LogP contribution in [0.25, 0.3) is 0 Å². The third-order valence-electron chi connectivity index (χ3n) is 6.44. The Kier molecular flexibility index (Phi) is 5.94. The van der Waals surface area contributed by atoms with Crippen molar-refractivity contribution in [1.29, 1.82) is 0 Å². The molecule has 26 heavy (non-hydrogen) atoms. The molecule has 0 aromatic carbocycles. The van der Waals surface area contributed by atoms with E-state index in [1.807, 2.05) is 13.8 Å². The van der Waals surface area contributed by atoms with Crippen molar-refractivity contribution in [3.63, 3.8) is 0 Å². The van der Waals surface area contributed by atoms with E-state index in [0.29, 0.717) is 18.3 Å². The van der Waals surface area contributed by atoms with Crippen LogP contribution in [0.2, 0.25) is 0 Å². The minimum Gasteiger partial charge on any atom is -0.459 e. The molecule has 4 fully saturated rings. The SMILES string of the molecule is CC.CC(C)(C)CC(C(=O)OC12CC3CC(CC(O)(C3)C1)C2)C(C)(C)C. The molecular weight excluding hydrogens is 324 g/mol. The van der Waals surface area contributed by atoms with Crippen molar-refractivity contribution < 1.29 is 14.6 Å². The van der Waals surface area contributed by atoms with Gasteiger partial charge in [-0.3, -0.25) is 4.79 Å². The van der Waals surface area contributed by atoms with Gasteiger partial charge in [-0.1, -0.05) is 55.4 Å². The summed E-state index contributed by atoms with van der Waals surface area (Å²) in [5.74, 6) is 0.947. The van der Waals surface area contributed by atoms with E-state index in [0.717, 1.165) is 32.1 Å². The molecule has 0 amide bonds. The van der Waals surface area contributed by atoms with Gasteiger partial charge in [0.05, 0.1) is 11.5 Å². The van der Waals surface area contributed by atoms with Gasteiger partial charge in [0, 0.05) is 6.42 Å². The second-order valence-corrected chi connectivity index (χ2v) is 11.5. The van der Waals surface area contributed by atoms with Crippen LogP contribution < -0.4 is 0 Å². The minimum absolute atomic E-state index is 0.0389. The van der Waals surface area contributed by atoms with Crippen molar-refractivity contribution >= 4 is 5.97 Å². The van der Waals surface area contributed by atoms with Gasteiger partial charge in [0.1, 0.15) is 5.60 Å². The normalized spacial score (nSPS) is 37.0. The van der Waals surface area contributed by atoms with Crippen LogP contribution in [0.15, 0.2) is 0 Å². The summed E-state index contributed by atoms with van der Waals surface area (Å²) in [5, 5.41) is 10.9. The number of rotatable bonds is 3. The Balaban J connectivity index is 0.00000117. The predicted molar refractivity (Wildman–Crippen MR) is 107 cm³/mol. The van der Waals surface area contributed by atoms with Gasteiger partial charge >= 0.3 is 5.97 Å². The average Bonchev–Trinajstić information content (AvgIpc) is 2.41. The molecule has 0 saturated heterocycles. The Labute approximate surface area is 161 Å². The molecule has 0 spiro atoms. The third kappa shape index (κ3) is 4.82. The smallest absolute Gasteiger partial charge is 0.310 e. The predicted octanol–water partition coefficient (Wildman–Crippen LogP) is 5.74. The first-order valence-corrected chi connectivity index (χ1v) is 10.7. The summed E-state index contributed by atoms with van der Waals surface area (Å²) in [6.07, 6.45) is 6.45. The summed E-state index contributed by atoms with van der Waals surface area (Å²) in [7, 11) is 0. The monoisotopic (exact) mass is 366 g/mol. The lowest BCUT2D eigenvalue weighted by Gasteiger charge is -2.59. The molecule has 3 unspecified atom stereocenters. The lowest BCUT2D eigenvalue weighted by molar-refractivity contribution is -0.224. The Morgan fingerprint density at radius 1 is 1.04 bits per heavy atom. The Morgan fingerprint density at radius 3 is 1.92 bits per heavy atom. The number of esters is 1. The van der Waals surface area contributed by atoms with Gasteiger partial charge in [0.15, 0.2) is 0 Å². The number of hydrogen-bond donors (Lipinski definition) is 1. The van der Waals surface area contributed by atoms with Crippen LogP contribution in [0.5, 0.6) is 0 Å². The van der Waals surface area contributed by atoms with Gasteiger partial charge in [-0.2, -0.15) is 0 Å². The number of hydrogen-bond acceptors (Lipinski definition) is 3. The van der Waals surface area contributed by atoms with E-state index >= 15 is 0 Å². The topological polar surface area (TPSA) is 46.5 Å². The Hall–Kier alpha value is -0.570. The lowest BCUT2D eigenvalue weighted by atomic mass is 9.52. The van der Waals surface area contributed by atoms with Crippen LogP contribution >= 0.6 is 0 Å². The van der Waals surface area contributed by atoms with E-state index in [1.54, 1.807) is 0 Å². The number of aliphatic hydroxyl groups is 1. The van der Waals surface area contributed by atoms with Crippen LogP contribution in [0, 0.1) is 28.6 Å². The van der Waals surface area contributed by atoms with E-state index in [1.165, 1.54) is 6.42 Å². The largest absolute Gasteiger partial charge is 0.459 e. The maximum Gasteiger partial charge on any atom is 0.310 e. The second-order valence-electron chi connectivity index (χ2n) is 11.5. The highest BCUT2D eigenvalue weighted by Gasteiger charge is 2.59. The fourth-order valence-corrected chi connectivity index (χ4v) is 5.89. The number of ether oxygens (including phenoxy) is 1. The number of carbonyl (C=O) groups is 1. The molecule has 3 atom stereocenters. The molecule has 152 valence electrons. The van der Waals surface area contributed by atoms with E-state index in [9.17, 15) is 9.90 Å². The summed E-state index contributed by atoms with van der Waals surface area (Å²) in [4.78, 5) is 13.2. The molecule has 4 aliphatic rings. The van der Waals surface area contributed by atoms with Crippen molar-refractivity contribution in [2.24, 2.45) is 28.6 Å². The average molecular weight is 367 g/mol. The summed E-state index contributed by atoms with van der Waals surface area (Å²) in [6, 6.07) is 0. The number of carbonyl (C=O) groups excluding carboxylic acids is 1. The molecule has 4 bridgehead atoms. The first kappa shape index (κ1) is 21.7. The van der Waals surface area contributed by atoms with Crippen molar-refractivity contribution in [1.82, 2.24) is 0 Å². The quantitative estimate of drug-likeness (QED) is 0.648. The molecule has 0 aromatic heterocycles. The molecular formula is C23H42O3. The maximum absolute atomic E-state index is 13.2. The maximum atomic E-state index is 13.2. The molecule has 4 rings (SSSR count). The molecule has 3 nitrogen and oxygen atoms in total. The van der Waals surface area contributed by atoms with Crippen molar-refractivity contribution in [3.05, 3.63) is 0 Å². The fraction of sp³-hybridized carbons (Fsp3) is 0.957. The van der Waals surface area contributed by atoms with Gasteiger partial charge < -0.3 is 9.84 Å². The first-order valence-electron chi connectivity index (χ1n) is 10.7. The van der Waals surface area contributed by atoms with E-state index in [2.05, 4.69) is 41.5 Å². The van der Waals surface area contributed by atoms with Crippen LogP contribution in [0.1, 0.15) is 100 Å². The summed E-state index contributed by atoms with van der Waals surface area (Å²) >= 11 is 0. The van der Waals surface area contributed by atoms with E-state index < -0.39 is 11.2 Å². The van der Waals surface area contributed by atoms with Crippen molar-refractivity contribution in [2.45, 2.75) is 112 Å². The molecule has 0 aliphatic heterocycles. The van der Waals surface area contributed by atoms with Gasteiger partial charge in [0.2, 0.25) is 0 Å². The molecule has 4 aliphatic carbocycles. The summed E-state index contributed by atoms with van der Waals surface area (Å²) in [6.45, 7) is 17.0. The van der Waals surface area contributed by atoms with Gasteiger partial charge in [-0.05, 0) is 61.2 Å². The van der Waals surface area contributed by atoms with E-state index in [-0.39, 0.29) is 22.7 Å². The van der Waals surface area contributed by atoms with Gasteiger partial charge in [-0.15, -0.1) is 0 Å². The zero-order valence-electron chi connectivity index (χ0n) is 18.4. The second kappa shape index (κ2) is 7.11. The highest BCUT2D eigenvalue weighted by atomic mass is 16.6. The Bertz CT molecular complexity index is 495. The van der Waals surface area contributed by atoms with Crippen LogP contribution in [-0.4, -0.2) is 22.3 Å². The minimum atomic E-state index is -0.578. The molecule has 3 heteroatoms. The van der Waals surface area contributed by atoms with Crippen LogP contribution in [-0.2, 0) is 9.53 Å². The molecule has 4 saturated carbocycles. The standard InChI is InChI=1S/C21H36O3.C2H6/c1-18(2,3)12-16(19(4,5)6)17(22)24-21-10-14-7-15(11-21)9-20(23,8-14)13-21;1-2/h14-16,23H,7-13H2,1-6H3;1-2H3. The third-order valence-corrected chi connectivity index (χ3v) is 6.44. The molecule has 0 heterocycles. The Morgan fingerprint density at radius 2 is 1.54 bits per heavy atom. The highest BCUT2D eigenvalue weighted by Crippen LogP contribution is 2.59. The van der Waals surface area contributed by atoms with E-state index in [4.69, 9.17) is 4.74 Å². The summed E-state index contributed by atoms with van der Waals surface area (Å²) < 4.78 is 6.25. The van der Waals surface area contributed by atoms with Crippen LogP contribution in [0.4, 0.5) is 0 Å². The summed E-state index contributed by atoms with van der Waals surface area (Å²) in [5.41, 5.74) is -0.983. The molecule has 0 aromatic rings. The van der Waals surface area contributed by atoms with Gasteiger partial charge in [0.25, 0.3) is 0 Å². The fourth-order valence-electron chi connectivity index (χ4n) is 5.89. The lowest BCUT2D eigenvalue weighted by Crippen LogP contribution is -2.61. The molecule has 1 N–H and O–H groups in total. The van der Waals surface area contributed by atoms with Crippen molar-refractivity contribution in [2.75, 3.05) is 0 Å². The van der Waals surface area contributed by atoms with Crippen molar-refractivity contribution in [3.8, 4) is 0 Å². The molecule has 0 radical (unpaired) electrons. The zero-order chi connectivity index (χ0) is 20.0. The zero-order valence-corrected chi connectivity index (χ0v) is 18.4. The first-order chi connectivity index (χ1) is 11.8. The van der Waals surface area contributed by atoms with Gasteiger partial charge in [-0.25, -0.2) is 0 Å².